The Morgan fingerprint density at radius 2 is 0.702 bits per heavy atom. The fourth-order valence-corrected chi connectivity index (χ4v) is 7.16. The Morgan fingerprint density at radius 3 is 1.32 bits per heavy atom. The maximum atomic E-state index is 2.41. The molecule has 9 aromatic carbocycles. The Morgan fingerprint density at radius 1 is 0.277 bits per heavy atom. The van der Waals surface area contributed by atoms with Crippen molar-refractivity contribution in [3.05, 3.63) is 188 Å². The number of rotatable bonds is 5. The van der Waals surface area contributed by atoms with E-state index in [2.05, 4.69) is 193 Å². The summed E-state index contributed by atoms with van der Waals surface area (Å²) in [5.74, 6) is 0. The second kappa shape index (κ2) is 11.3. The standard InChI is InChI=1S/C46H31N/c1-2-12-32(13-3-1)33-22-26-37(27-23-33)47(46-31-36-15-5-7-17-40(36)42-19-10-11-21-44(42)46)38-28-24-34(25-29-38)45-30-35-14-4-6-16-39(35)41-18-8-9-20-43(41)45/h1-31H. The molecule has 220 valence electrons. The predicted octanol–water partition coefficient (Wildman–Crippen LogP) is 13.1. The average molecular weight is 598 g/mol. The smallest absolute Gasteiger partial charge is 0.0546 e. The molecule has 0 saturated carbocycles. The maximum absolute atomic E-state index is 2.41. The molecule has 0 amide bonds. The van der Waals surface area contributed by atoms with Crippen molar-refractivity contribution in [1.29, 1.82) is 0 Å². The van der Waals surface area contributed by atoms with Gasteiger partial charge in [-0.15, -0.1) is 0 Å². The fraction of sp³-hybridized carbons (Fsp3) is 0. The molecule has 0 spiro atoms. The van der Waals surface area contributed by atoms with E-state index >= 15 is 0 Å². The molecule has 9 rings (SSSR count). The molecule has 0 aliphatic rings. The van der Waals surface area contributed by atoms with Gasteiger partial charge in [-0.2, -0.15) is 0 Å². The summed E-state index contributed by atoms with van der Waals surface area (Å²) in [5, 5.41) is 10.1. The van der Waals surface area contributed by atoms with E-state index in [-0.39, 0.29) is 0 Å². The summed E-state index contributed by atoms with van der Waals surface area (Å²) < 4.78 is 0. The third-order valence-corrected chi connectivity index (χ3v) is 9.42. The van der Waals surface area contributed by atoms with Gasteiger partial charge in [-0.25, -0.2) is 0 Å². The minimum Gasteiger partial charge on any atom is -0.310 e. The highest BCUT2D eigenvalue weighted by atomic mass is 15.1. The van der Waals surface area contributed by atoms with Crippen molar-refractivity contribution in [3.8, 4) is 22.3 Å². The van der Waals surface area contributed by atoms with Crippen LogP contribution in [0.4, 0.5) is 17.1 Å². The van der Waals surface area contributed by atoms with Crippen LogP contribution in [0.15, 0.2) is 188 Å². The summed E-state index contributed by atoms with van der Waals surface area (Å²) in [6, 6.07) is 68.2. The third-order valence-electron chi connectivity index (χ3n) is 9.42. The van der Waals surface area contributed by atoms with E-state index in [1.54, 1.807) is 0 Å². The highest BCUT2D eigenvalue weighted by Crippen LogP contribution is 2.43. The van der Waals surface area contributed by atoms with Gasteiger partial charge in [-0.05, 0) is 96.4 Å². The fourth-order valence-electron chi connectivity index (χ4n) is 7.16. The third kappa shape index (κ3) is 4.72. The van der Waals surface area contributed by atoms with Gasteiger partial charge in [0, 0.05) is 16.8 Å². The Bertz CT molecular complexity index is 2550. The molecule has 0 atom stereocenters. The first-order valence-electron chi connectivity index (χ1n) is 16.2. The van der Waals surface area contributed by atoms with E-state index < -0.39 is 0 Å². The first-order chi connectivity index (χ1) is 23.3. The summed E-state index contributed by atoms with van der Waals surface area (Å²) in [4.78, 5) is 2.41. The largest absolute Gasteiger partial charge is 0.310 e. The molecule has 0 N–H and O–H groups in total. The highest BCUT2D eigenvalue weighted by Gasteiger charge is 2.18. The maximum Gasteiger partial charge on any atom is 0.0546 e. The molecular formula is C46H31N. The van der Waals surface area contributed by atoms with Gasteiger partial charge in [0.2, 0.25) is 0 Å². The lowest BCUT2D eigenvalue weighted by atomic mass is 9.93. The van der Waals surface area contributed by atoms with Crippen LogP contribution in [0, 0.1) is 0 Å². The van der Waals surface area contributed by atoms with E-state index in [9.17, 15) is 0 Å². The Hall–Kier alpha value is -6.18. The average Bonchev–Trinajstić information content (AvgIpc) is 3.15. The first-order valence-corrected chi connectivity index (χ1v) is 16.2. The van der Waals surface area contributed by atoms with E-state index in [4.69, 9.17) is 0 Å². The zero-order chi connectivity index (χ0) is 31.2. The lowest BCUT2D eigenvalue weighted by Gasteiger charge is -2.28. The second-order valence-corrected chi connectivity index (χ2v) is 12.1. The molecule has 0 aliphatic heterocycles. The van der Waals surface area contributed by atoms with E-state index in [1.807, 2.05) is 0 Å². The van der Waals surface area contributed by atoms with Crippen LogP contribution in [0.5, 0.6) is 0 Å². The topological polar surface area (TPSA) is 3.24 Å². The van der Waals surface area contributed by atoms with Crippen LogP contribution in [0.1, 0.15) is 0 Å². The number of hydrogen-bond donors (Lipinski definition) is 0. The van der Waals surface area contributed by atoms with Crippen LogP contribution in [0.3, 0.4) is 0 Å². The minimum atomic E-state index is 1.12. The number of fused-ring (bicyclic) bond motifs is 6. The highest BCUT2D eigenvalue weighted by molar-refractivity contribution is 6.15. The van der Waals surface area contributed by atoms with Crippen LogP contribution in [-0.2, 0) is 0 Å². The molecule has 0 fully saturated rings. The second-order valence-electron chi connectivity index (χ2n) is 12.1. The molecule has 1 nitrogen and oxygen atoms in total. The Kier molecular flexibility index (Phi) is 6.54. The molecule has 0 aromatic heterocycles. The number of hydrogen-bond acceptors (Lipinski definition) is 1. The van der Waals surface area contributed by atoms with Gasteiger partial charge in [0.05, 0.1) is 5.69 Å². The lowest BCUT2D eigenvalue weighted by molar-refractivity contribution is 1.30. The van der Waals surface area contributed by atoms with Gasteiger partial charge < -0.3 is 4.90 Å². The van der Waals surface area contributed by atoms with Gasteiger partial charge in [0.15, 0.2) is 0 Å². The Labute approximate surface area is 274 Å². The van der Waals surface area contributed by atoms with Crippen LogP contribution < -0.4 is 4.90 Å². The van der Waals surface area contributed by atoms with Gasteiger partial charge >= 0.3 is 0 Å². The lowest BCUT2D eigenvalue weighted by Crippen LogP contribution is -2.10. The molecule has 0 radical (unpaired) electrons. The molecular weight excluding hydrogens is 567 g/mol. The predicted molar refractivity (Wildman–Crippen MR) is 202 cm³/mol. The number of nitrogens with zero attached hydrogens (tertiary/aromatic N) is 1. The molecule has 47 heavy (non-hydrogen) atoms. The number of anilines is 3. The van der Waals surface area contributed by atoms with E-state index in [0.717, 1.165) is 17.1 Å². The molecule has 0 saturated heterocycles. The van der Waals surface area contributed by atoms with E-state index in [1.165, 1.54) is 65.3 Å². The molecule has 0 bridgehead atoms. The zero-order valence-electron chi connectivity index (χ0n) is 25.8. The van der Waals surface area contributed by atoms with Gasteiger partial charge in [-0.1, -0.05) is 152 Å². The molecule has 0 unspecified atom stereocenters. The monoisotopic (exact) mass is 597 g/mol. The molecule has 1 heteroatoms. The summed E-state index contributed by atoms with van der Waals surface area (Å²) in [5.41, 5.74) is 8.28. The van der Waals surface area contributed by atoms with Crippen molar-refractivity contribution in [2.24, 2.45) is 0 Å². The van der Waals surface area contributed by atoms with Crippen molar-refractivity contribution in [2.45, 2.75) is 0 Å². The normalized spacial score (nSPS) is 11.4. The van der Waals surface area contributed by atoms with Crippen LogP contribution in [-0.4, -0.2) is 0 Å². The quantitative estimate of drug-likeness (QED) is 0.178. The summed E-state index contributed by atoms with van der Waals surface area (Å²) >= 11 is 0. The summed E-state index contributed by atoms with van der Waals surface area (Å²) in [7, 11) is 0. The van der Waals surface area contributed by atoms with E-state index in [0.29, 0.717) is 0 Å². The molecule has 0 aliphatic carbocycles. The zero-order valence-corrected chi connectivity index (χ0v) is 25.8. The van der Waals surface area contributed by atoms with Crippen LogP contribution >= 0.6 is 0 Å². The van der Waals surface area contributed by atoms with Gasteiger partial charge in [0.1, 0.15) is 0 Å². The minimum absolute atomic E-state index is 1.12. The van der Waals surface area contributed by atoms with Crippen LogP contribution in [0.2, 0.25) is 0 Å². The molecule has 9 aromatic rings. The van der Waals surface area contributed by atoms with Crippen molar-refractivity contribution < 1.29 is 0 Å². The first kappa shape index (κ1) is 27.2. The van der Waals surface area contributed by atoms with Gasteiger partial charge in [-0.3, -0.25) is 0 Å². The van der Waals surface area contributed by atoms with Gasteiger partial charge in [0.25, 0.3) is 0 Å². The van der Waals surface area contributed by atoms with Crippen molar-refractivity contribution in [2.75, 3.05) is 4.90 Å². The van der Waals surface area contributed by atoms with Crippen molar-refractivity contribution in [3.63, 3.8) is 0 Å². The SMILES string of the molecule is c1ccc(-c2ccc(N(c3ccc(-c4cc5ccccc5c5ccccc45)cc3)c3cc4ccccc4c4ccccc34)cc2)cc1. The van der Waals surface area contributed by atoms with Crippen molar-refractivity contribution in [1.82, 2.24) is 0 Å². The molecule has 0 heterocycles. The van der Waals surface area contributed by atoms with Crippen LogP contribution in [0.25, 0.3) is 65.3 Å². The number of benzene rings is 9. The summed E-state index contributed by atoms with van der Waals surface area (Å²) in [6.45, 7) is 0. The van der Waals surface area contributed by atoms with Crippen molar-refractivity contribution >= 4 is 60.2 Å². The summed E-state index contributed by atoms with van der Waals surface area (Å²) in [6.07, 6.45) is 0. The Balaban J connectivity index is 1.23.